The Kier molecular flexibility index (Phi) is 3.96. The molecule has 1 saturated heterocycles. The molecule has 0 aromatic heterocycles. The van der Waals surface area contributed by atoms with Gasteiger partial charge in [-0.2, -0.15) is 0 Å². The van der Waals surface area contributed by atoms with Gasteiger partial charge in [-0.05, 0) is 29.8 Å². The van der Waals surface area contributed by atoms with Gasteiger partial charge in [-0.3, -0.25) is 14.9 Å². The van der Waals surface area contributed by atoms with Crippen LogP contribution in [-0.2, 0) is 0 Å². The number of nitrogens with zero attached hydrogens (tertiary/aromatic N) is 2. The van der Waals surface area contributed by atoms with E-state index in [9.17, 15) is 14.9 Å². The number of nitro benzene ring substituents is 1. The minimum atomic E-state index is -0.477. The quantitative estimate of drug-likeness (QED) is 0.619. The fraction of sp³-hybridized carbons (Fsp3) is 0.235. The van der Waals surface area contributed by atoms with Gasteiger partial charge in [-0.15, -0.1) is 11.8 Å². The summed E-state index contributed by atoms with van der Waals surface area (Å²) in [6.45, 7) is 0.835. The number of ether oxygens (including phenoxy) is 2. The maximum atomic E-state index is 12.8. The number of amides is 1. The first-order valence-electron chi connectivity index (χ1n) is 7.70. The Labute approximate surface area is 147 Å². The fourth-order valence-corrected chi connectivity index (χ4v) is 4.16. The van der Waals surface area contributed by atoms with Crippen molar-refractivity contribution in [2.75, 3.05) is 19.1 Å². The van der Waals surface area contributed by atoms with Gasteiger partial charge in [0.15, 0.2) is 11.5 Å². The summed E-state index contributed by atoms with van der Waals surface area (Å²) >= 11 is 1.68. The Morgan fingerprint density at radius 1 is 1.16 bits per heavy atom. The lowest BCUT2D eigenvalue weighted by molar-refractivity contribution is -0.384. The largest absolute Gasteiger partial charge is 0.454 e. The first kappa shape index (κ1) is 15.8. The molecule has 2 heterocycles. The van der Waals surface area contributed by atoms with E-state index in [1.807, 2.05) is 18.2 Å². The van der Waals surface area contributed by atoms with Crippen molar-refractivity contribution in [2.24, 2.45) is 0 Å². The van der Waals surface area contributed by atoms with Crippen LogP contribution in [0.3, 0.4) is 0 Å². The van der Waals surface area contributed by atoms with E-state index in [1.54, 1.807) is 16.7 Å². The molecular formula is C17H14N2O5S. The summed E-state index contributed by atoms with van der Waals surface area (Å²) < 4.78 is 10.7. The molecule has 8 heteroatoms. The Morgan fingerprint density at radius 2 is 1.92 bits per heavy atom. The summed E-state index contributed by atoms with van der Waals surface area (Å²) in [5, 5.41) is 10.6. The van der Waals surface area contributed by atoms with Gasteiger partial charge in [0.2, 0.25) is 6.79 Å². The molecule has 0 N–H and O–H groups in total. The normalized spacial score (nSPS) is 18.4. The van der Waals surface area contributed by atoms with E-state index in [0.29, 0.717) is 23.6 Å². The highest BCUT2D eigenvalue weighted by Crippen LogP contribution is 2.42. The third kappa shape index (κ3) is 2.89. The number of nitro groups is 1. The van der Waals surface area contributed by atoms with Crippen molar-refractivity contribution in [3.05, 3.63) is 63.7 Å². The van der Waals surface area contributed by atoms with Crippen molar-refractivity contribution in [1.29, 1.82) is 0 Å². The first-order chi connectivity index (χ1) is 12.1. The molecule has 1 atom stereocenters. The molecule has 0 radical (unpaired) electrons. The minimum Gasteiger partial charge on any atom is -0.454 e. The van der Waals surface area contributed by atoms with Crippen LogP contribution in [0.4, 0.5) is 5.69 Å². The van der Waals surface area contributed by atoms with Crippen molar-refractivity contribution in [3.8, 4) is 11.5 Å². The summed E-state index contributed by atoms with van der Waals surface area (Å²) in [4.78, 5) is 24.9. The monoisotopic (exact) mass is 358 g/mol. The van der Waals surface area contributed by atoms with Gasteiger partial charge in [0.05, 0.1) is 4.92 Å². The predicted octanol–water partition coefficient (Wildman–Crippen LogP) is 3.21. The number of carbonyl (C=O) groups is 1. The number of non-ortho nitro benzene ring substituents is 1. The molecule has 25 heavy (non-hydrogen) atoms. The second kappa shape index (κ2) is 6.29. The van der Waals surface area contributed by atoms with Gasteiger partial charge in [0, 0.05) is 30.0 Å². The smallest absolute Gasteiger partial charge is 0.269 e. The van der Waals surface area contributed by atoms with Crippen LogP contribution < -0.4 is 9.47 Å². The Hall–Kier alpha value is -2.74. The summed E-state index contributed by atoms with van der Waals surface area (Å²) in [5.74, 6) is 2.09. The van der Waals surface area contributed by atoms with E-state index >= 15 is 0 Å². The Balaban J connectivity index is 1.58. The summed E-state index contributed by atoms with van der Waals surface area (Å²) in [7, 11) is 0. The van der Waals surface area contributed by atoms with Crippen LogP contribution in [0.15, 0.2) is 42.5 Å². The number of rotatable bonds is 3. The molecule has 4 rings (SSSR count). The standard InChI is InChI=1S/C17H14N2O5S/c20-16(11-1-4-13(5-2-11)19(21)22)18-7-8-25-17(18)12-3-6-14-15(9-12)24-10-23-14/h1-6,9,17H,7-8,10H2/t17-/m0/s1. The van der Waals surface area contributed by atoms with E-state index in [-0.39, 0.29) is 23.8 Å². The summed E-state index contributed by atoms with van der Waals surface area (Å²) in [5.41, 5.74) is 1.39. The van der Waals surface area contributed by atoms with Crippen molar-refractivity contribution in [2.45, 2.75) is 5.37 Å². The molecule has 0 unspecified atom stereocenters. The molecule has 128 valence electrons. The number of fused-ring (bicyclic) bond motifs is 1. The van der Waals surface area contributed by atoms with Gasteiger partial charge in [-0.25, -0.2) is 0 Å². The zero-order valence-corrected chi connectivity index (χ0v) is 13.9. The van der Waals surface area contributed by atoms with Gasteiger partial charge in [0.1, 0.15) is 5.37 Å². The van der Waals surface area contributed by atoms with Crippen LogP contribution in [0.25, 0.3) is 0 Å². The fourth-order valence-electron chi connectivity index (χ4n) is 2.91. The third-order valence-corrected chi connectivity index (χ3v) is 5.42. The molecule has 1 fully saturated rings. The third-order valence-electron chi connectivity index (χ3n) is 4.16. The highest BCUT2D eigenvalue weighted by molar-refractivity contribution is 7.99. The van der Waals surface area contributed by atoms with Crippen molar-refractivity contribution >= 4 is 23.4 Å². The van der Waals surface area contributed by atoms with E-state index in [0.717, 1.165) is 11.3 Å². The van der Waals surface area contributed by atoms with Crippen LogP contribution in [0, 0.1) is 10.1 Å². The predicted molar refractivity (Wildman–Crippen MR) is 91.9 cm³/mol. The second-order valence-electron chi connectivity index (χ2n) is 5.64. The average Bonchev–Trinajstić information content (AvgIpc) is 3.29. The van der Waals surface area contributed by atoms with E-state index < -0.39 is 4.92 Å². The van der Waals surface area contributed by atoms with Crippen molar-refractivity contribution in [3.63, 3.8) is 0 Å². The lowest BCUT2D eigenvalue weighted by Gasteiger charge is -2.24. The number of hydrogen-bond donors (Lipinski definition) is 0. The van der Waals surface area contributed by atoms with E-state index in [4.69, 9.17) is 9.47 Å². The van der Waals surface area contributed by atoms with Gasteiger partial charge in [-0.1, -0.05) is 6.07 Å². The van der Waals surface area contributed by atoms with Crippen LogP contribution in [0.5, 0.6) is 11.5 Å². The van der Waals surface area contributed by atoms with Crippen LogP contribution in [-0.4, -0.2) is 34.8 Å². The molecule has 0 saturated carbocycles. The highest BCUT2D eigenvalue weighted by Gasteiger charge is 2.32. The molecule has 1 amide bonds. The molecule has 2 aromatic carbocycles. The Morgan fingerprint density at radius 3 is 2.68 bits per heavy atom. The van der Waals surface area contributed by atoms with Crippen LogP contribution in [0.2, 0.25) is 0 Å². The molecule has 0 aliphatic carbocycles. The molecule has 0 bridgehead atoms. The van der Waals surface area contributed by atoms with Gasteiger partial charge >= 0.3 is 0 Å². The van der Waals surface area contributed by atoms with E-state index in [1.165, 1.54) is 24.3 Å². The zero-order chi connectivity index (χ0) is 17.4. The maximum absolute atomic E-state index is 12.8. The lowest BCUT2D eigenvalue weighted by Crippen LogP contribution is -2.30. The molecular weight excluding hydrogens is 344 g/mol. The maximum Gasteiger partial charge on any atom is 0.269 e. The van der Waals surface area contributed by atoms with Gasteiger partial charge in [0.25, 0.3) is 11.6 Å². The zero-order valence-electron chi connectivity index (χ0n) is 13.1. The molecule has 0 spiro atoms. The second-order valence-corrected chi connectivity index (χ2v) is 6.83. The van der Waals surface area contributed by atoms with Gasteiger partial charge < -0.3 is 14.4 Å². The number of benzene rings is 2. The Bertz CT molecular complexity index is 839. The van der Waals surface area contributed by atoms with Crippen LogP contribution in [0.1, 0.15) is 21.3 Å². The number of carbonyl (C=O) groups excluding carboxylic acids is 1. The van der Waals surface area contributed by atoms with Crippen LogP contribution >= 0.6 is 11.8 Å². The SMILES string of the molecule is O=C(c1ccc([N+](=O)[O-])cc1)N1CCS[C@H]1c1ccc2c(c1)OCO2. The molecule has 7 nitrogen and oxygen atoms in total. The van der Waals surface area contributed by atoms with Crippen molar-refractivity contribution < 1.29 is 19.2 Å². The van der Waals surface area contributed by atoms with Crippen molar-refractivity contribution in [1.82, 2.24) is 4.90 Å². The summed E-state index contributed by atoms with van der Waals surface area (Å²) in [6, 6.07) is 11.4. The number of thioether (sulfide) groups is 1. The topological polar surface area (TPSA) is 81.9 Å². The molecule has 2 aromatic rings. The summed E-state index contributed by atoms with van der Waals surface area (Å²) in [6.07, 6.45) is 0. The first-order valence-corrected chi connectivity index (χ1v) is 8.75. The molecule has 2 aliphatic heterocycles. The van der Waals surface area contributed by atoms with E-state index in [2.05, 4.69) is 0 Å². The minimum absolute atomic E-state index is 0.0281. The lowest BCUT2D eigenvalue weighted by atomic mass is 10.1. The average molecular weight is 358 g/mol. The molecule has 2 aliphatic rings. The number of hydrogen-bond acceptors (Lipinski definition) is 6. The highest BCUT2D eigenvalue weighted by atomic mass is 32.2.